The number of fused-ring (bicyclic) bond motifs is 1. The number of nitrogens with zero attached hydrogens (tertiary/aromatic N) is 3. The van der Waals surface area contributed by atoms with Crippen LogP contribution in [0.25, 0.3) is 4.96 Å². The minimum atomic E-state index is 1.03. The summed E-state index contributed by atoms with van der Waals surface area (Å²) >= 11 is 1.66. The fraction of sp³-hybridized carbons (Fsp3) is 0.636. The van der Waals surface area contributed by atoms with E-state index in [1.807, 2.05) is 11.4 Å². The van der Waals surface area contributed by atoms with E-state index in [-0.39, 0.29) is 0 Å². The molecule has 4 heteroatoms. The van der Waals surface area contributed by atoms with E-state index in [1.54, 1.807) is 11.3 Å². The maximum atomic E-state index is 4.55. The van der Waals surface area contributed by atoms with Gasteiger partial charge in [-0.3, -0.25) is 0 Å². The molecular weight excluding hydrogens is 206 g/mol. The number of unbranched alkanes of at least 4 members (excludes halogenated alkanes) is 3. The molecule has 2 aromatic rings. The molecule has 0 aromatic carbocycles. The summed E-state index contributed by atoms with van der Waals surface area (Å²) in [6.45, 7) is 4.25. The lowest BCUT2D eigenvalue weighted by Crippen LogP contribution is -1.86. The Morgan fingerprint density at radius 3 is 2.93 bits per heavy atom. The smallest absolute Gasteiger partial charge is 0.212 e. The van der Waals surface area contributed by atoms with Crippen molar-refractivity contribution in [2.24, 2.45) is 0 Å². The van der Waals surface area contributed by atoms with Crippen LogP contribution in [0.1, 0.15) is 43.3 Å². The predicted octanol–water partition coefficient (Wildman–Crippen LogP) is 3.22. The van der Waals surface area contributed by atoms with Crippen molar-refractivity contribution in [3.8, 4) is 0 Å². The summed E-state index contributed by atoms with van der Waals surface area (Å²) in [4.78, 5) is 5.58. The minimum Gasteiger partial charge on any atom is -0.223 e. The van der Waals surface area contributed by atoms with Gasteiger partial charge in [0.2, 0.25) is 4.96 Å². The zero-order valence-corrected chi connectivity index (χ0v) is 10.2. The van der Waals surface area contributed by atoms with E-state index in [0.29, 0.717) is 0 Å². The van der Waals surface area contributed by atoms with Gasteiger partial charge in [0.25, 0.3) is 0 Å². The SMILES string of the molecule is CCCCCCc1cn2nc(C)sc2n1. The molecule has 0 aliphatic carbocycles. The molecule has 0 amide bonds. The van der Waals surface area contributed by atoms with Gasteiger partial charge in [0.05, 0.1) is 11.9 Å². The van der Waals surface area contributed by atoms with Crippen molar-refractivity contribution in [3.05, 3.63) is 16.9 Å². The molecule has 0 aliphatic heterocycles. The Morgan fingerprint density at radius 2 is 2.20 bits per heavy atom. The van der Waals surface area contributed by atoms with Crippen LogP contribution in [0, 0.1) is 6.92 Å². The Hall–Kier alpha value is -0.900. The molecule has 15 heavy (non-hydrogen) atoms. The highest BCUT2D eigenvalue weighted by Gasteiger charge is 2.04. The van der Waals surface area contributed by atoms with Crippen LogP contribution < -0.4 is 0 Å². The molecule has 0 spiro atoms. The summed E-state index contributed by atoms with van der Waals surface area (Å²) in [6, 6.07) is 0. The summed E-state index contributed by atoms with van der Waals surface area (Å²) < 4.78 is 1.90. The molecule has 0 fully saturated rings. The minimum absolute atomic E-state index is 1.03. The van der Waals surface area contributed by atoms with Crippen LogP contribution >= 0.6 is 11.3 Å². The first-order valence-corrected chi connectivity index (χ1v) is 6.43. The lowest BCUT2D eigenvalue weighted by Gasteiger charge is -1.95. The maximum absolute atomic E-state index is 4.55. The number of hydrogen-bond acceptors (Lipinski definition) is 3. The van der Waals surface area contributed by atoms with E-state index in [2.05, 4.69) is 23.2 Å². The van der Waals surface area contributed by atoms with Crippen LogP contribution in [0.4, 0.5) is 0 Å². The van der Waals surface area contributed by atoms with E-state index >= 15 is 0 Å². The van der Waals surface area contributed by atoms with Gasteiger partial charge < -0.3 is 0 Å². The predicted molar refractivity (Wildman–Crippen MR) is 63.4 cm³/mol. The highest BCUT2D eigenvalue weighted by Crippen LogP contribution is 2.15. The zero-order valence-electron chi connectivity index (χ0n) is 9.36. The highest BCUT2D eigenvalue weighted by molar-refractivity contribution is 7.16. The Kier molecular flexibility index (Phi) is 3.36. The summed E-state index contributed by atoms with van der Waals surface area (Å²) in [5.74, 6) is 0. The molecule has 0 saturated heterocycles. The Morgan fingerprint density at radius 1 is 1.33 bits per heavy atom. The van der Waals surface area contributed by atoms with Crippen molar-refractivity contribution in [2.75, 3.05) is 0 Å². The molecule has 0 radical (unpaired) electrons. The molecule has 2 aromatic heterocycles. The van der Waals surface area contributed by atoms with Crippen molar-refractivity contribution >= 4 is 16.3 Å². The molecule has 2 heterocycles. The largest absolute Gasteiger partial charge is 0.223 e. The van der Waals surface area contributed by atoms with Gasteiger partial charge in [0.1, 0.15) is 5.01 Å². The number of hydrogen-bond donors (Lipinski definition) is 0. The molecule has 0 atom stereocenters. The van der Waals surface area contributed by atoms with Crippen LogP contribution in [0.3, 0.4) is 0 Å². The van der Waals surface area contributed by atoms with Crippen molar-refractivity contribution < 1.29 is 0 Å². The molecule has 0 N–H and O–H groups in total. The van der Waals surface area contributed by atoms with Crippen LogP contribution in [-0.2, 0) is 6.42 Å². The zero-order chi connectivity index (χ0) is 10.7. The van der Waals surface area contributed by atoms with E-state index in [1.165, 1.54) is 31.4 Å². The third-order valence-electron chi connectivity index (χ3n) is 2.48. The summed E-state index contributed by atoms with van der Waals surface area (Å²) in [5, 5.41) is 5.43. The van der Waals surface area contributed by atoms with Crippen molar-refractivity contribution in [1.82, 2.24) is 14.6 Å². The maximum Gasteiger partial charge on any atom is 0.212 e. The monoisotopic (exact) mass is 223 g/mol. The third kappa shape index (κ3) is 2.56. The first kappa shape index (κ1) is 10.6. The van der Waals surface area contributed by atoms with E-state index in [0.717, 1.165) is 16.4 Å². The molecule has 2 rings (SSSR count). The van der Waals surface area contributed by atoms with Gasteiger partial charge in [0.15, 0.2) is 0 Å². The molecule has 0 aliphatic rings. The van der Waals surface area contributed by atoms with Crippen LogP contribution in [0.15, 0.2) is 6.20 Å². The summed E-state index contributed by atoms with van der Waals surface area (Å²) in [5.41, 5.74) is 1.19. The Balaban J connectivity index is 1.94. The van der Waals surface area contributed by atoms with Gasteiger partial charge in [-0.15, -0.1) is 0 Å². The van der Waals surface area contributed by atoms with Gasteiger partial charge in [-0.2, -0.15) is 5.10 Å². The highest BCUT2D eigenvalue weighted by atomic mass is 32.1. The van der Waals surface area contributed by atoms with Gasteiger partial charge in [-0.05, 0) is 19.8 Å². The normalized spacial score (nSPS) is 11.3. The first-order valence-electron chi connectivity index (χ1n) is 5.61. The van der Waals surface area contributed by atoms with Crippen LogP contribution in [-0.4, -0.2) is 14.6 Å². The van der Waals surface area contributed by atoms with Crippen molar-refractivity contribution in [2.45, 2.75) is 46.0 Å². The fourth-order valence-corrected chi connectivity index (χ4v) is 2.44. The molecular formula is C11H17N3S. The van der Waals surface area contributed by atoms with Gasteiger partial charge in [0, 0.05) is 0 Å². The molecule has 0 saturated carbocycles. The first-order chi connectivity index (χ1) is 7.29. The van der Waals surface area contributed by atoms with Crippen molar-refractivity contribution in [1.29, 1.82) is 0 Å². The molecule has 82 valence electrons. The Bertz CT molecular complexity index is 398. The molecule has 0 bridgehead atoms. The topological polar surface area (TPSA) is 30.2 Å². The number of rotatable bonds is 5. The van der Waals surface area contributed by atoms with Crippen molar-refractivity contribution in [3.63, 3.8) is 0 Å². The molecule has 0 unspecified atom stereocenters. The van der Waals surface area contributed by atoms with Gasteiger partial charge in [-0.25, -0.2) is 9.50 Å². The Labute approximate surface area is 94.2 Å². The van der Waals surface area contributed by atoms with Gasteiger partial charge >= 0.3 is 0 Å². The van der Waals surface area contributed by atoms with E-state index < -0.39 is 0 Å². The van der Waals surface area contributed by atoms with E-state index in [9.17, 15) is 0 Å². The quantitative estimate of drug-likeness (QED) is 0.728. The lowest BCUT2D eigenvalue weighted by molar-refractivity contribution is 0.662. The average molecular weight is 223 g/mol. The second-order valence-electron chi connectivity index (χ2n) is 3.89. The van der Waals surface area contributed by atoms with Crippen LogP contribution in [0.5, 0.6) is 0 Å². The number of imidazole rings is 1. The number of aryl methyl sites for hydroxylation is 2. The third-order valence-corrected chi connectivity index (χ3v) is 3.32. The standard InChI is InChI=1S/C11H17N3S/c1-3-4-5-6-7-10-8-14-11(12-10)15-9(2)13-14/h8H,3-7H2,1-2H3. The molecule has 3 nitrogen and oxygen atoms in total. The second-order valence-corrected chi connectivity index (χ2v) is 5.05. The summed E-state index contributed by atoms with van der Waals surface area (Å²) in [6.07, 6.45) is 8.34. The van der Waals surface area contributed by atoms with E-state index in [4.69, 9.17) is 0 Å². The lowest BCUT2D eigenvalue weighted by atomic mass is 10.1. The van der Waals surface area contributed by atoms with Gasteiger partial charge in [-0.1, -0.05) is 37.5 Å². The average Bonchev–Trinajstić information content (AvgIpc) is 2.69. The number of aromatic nitrogens is 3. The fourth-order valence-electron chi connectivity index (χ4n) is 1.70. The van der Waals surface area contributed by atoms with Crippen LogP contribution in [0.2, 0.25) is 0 Å². The summed E-state index contributed by atoms with van der Waals surface area (Å²) in [7, 11) is 0. The second kappa shape index (κ2) is 4.75.